The third-order valence-electron chi connectivity index (χ3n) is 5.62. The first kappa shape index (κ1) is 21.0. The molecule has 0 aromatic heterocycles. The van der Waals surface area contributed by atoms with Crippen LogP contribution in [0, 0.1) is 0 Å². The Hall–Kier alpha value is -2.77. The molecule has 1 aromatic carbocycles. The number of hydrogen-bond donors (Lipinski definition) is 3. The molecule has 2 fully saturated rings. The second-order valence-electron chi connectivity index (χ2n) is 7.71. The number of nitrogens with zero attached hydrogens (tertiary/aromatic N) is 1. The summed E-state index contributed by atoms with van der Waals surface area (Å²) in [6.07, 6.45) is 7.21. The van der Waals surface area contributed by atoms with Crippen molar-refractivity contribution < 1.29 is 19.1 Å². The van der Waals surface area contributed by atoms with Gasteiger partial charge in [-0.05, 0) is 49.9 Å². The van der Waals surface area contributed by atoms with Crippen molar-refractivity contribution in [1.29, 1.82) is 0 Å². The number of carbonyl (C=O) groups excluding carboxylic acids is 3. The molecule has 3 N–H and O–H groups in total. The number of rotatable bonds is 4. The largest absolute Gasteiger partial charge is 0.465 e. The Balaban J connectivity index is 1.39. The van der Waals surface area contributed by atoms with Crippen molar-refractivity contribution in [2.24, 2.45) is 0 Å². The summed E-state index contributed by atoms with van der Waals surface area (Å²) in [5.74, 6) is -0.412. The van der Waals surface area contributed by atoms with E-state index in [0.717, 1.165) is 25.7 Å². The van der Waals surface area contributed by atoms with Gasteiger partial charge in [-0.1, -0.05) is 19.3 Å². The van der Waals surface area contributed by atoms with E-state index in [-0.39, 0.29) is 18.1 Å². The van der Waals surface area contributed by atoms with Gasteiger partial charge in [0.25, 0.3) is 0 Å². The number of methoxy groups -OCH3 is 1. The van der Waals surface area contributed by atoms with Crippen molar-refractivity contribution in [1.82, 2.24) is 15.5 Å². The summed E-state index contributed by atoms with van der Waals surface area (Å²) in [7, 11) is 1.33. The summed E-state index contributed by atoms with van der Waals surface area (Å²) in [6.45, 7) is 1.17. The number of amides is 4. The van der Waals surface area contributed by atoms with Crippen LogP contribution < -0.4 is 16.0 Å². The van der Waals surface area contributed by atoms with E-state index in [1.165, 1.54) is 26.4 Å². The fraction of sp³-hybridized carbons (Fsp3) is 0.571. The third-order valence-corrected chi connectivity index (χ3v) is 5.62. The second kappa shape index (κ2) is 10.1. The Morgan fingerprint density at radius 2 is 1.48 bits per heavy atom. The lowest BCUT2D eigenvalue weighted by Crippen LogP contribution is -2.51. The minimum absolute atomic E-state index is 0.0852. The lowest BCUT2D eigenvalue weighted by atomic mass is 9.96. The average Bonchev–Trinajstić information content (AvgIpc) is 2.75. The van der Waals surface area contributed by atoms with E-state index in [1.54, 1.807) is 29.2 Å². The first-order valence-electron chi connectivity index (χ1n) is 10.4. The van der Waals surface area contributed by atoms with Gasteiger partial charge >= 0.3 is 18.0 Å². The van der Waals surface area contributed by atoms with Gasteiger partial charge in [0.2, 0.25) is 0 Å². The summed E-state index contributed by atoms with van der Waals surface area (Å²) in [5.41, 5.74) is 1.05. The minimum Gasteiger partial charge on any atom is -0.465 e. The molecule has 1 aliphatic carbocycles. The smallest absolute Gasteiger partial charge is 0.337 e. The highest BCUT2D eigenvalue weighted by molar-refractivity contribution is 5.92. The number of piperidine rings is 1. The van der Waals surface area contributed by atoms with Gasteiger partial charge in [-0.3, -0.25) is 0 Å². The van der Waals surface area contributed by atoms with Gasteiger partial charge in [-0.25, -0.2) is 14.4 Å². The number of urea groups is 2. The first-order valence-corrected chi connectivity index (χ1v) is 10.4. The van der Waals surface area contributed by atoms with Gasteiger partial charge < -0.3 is 25.6 Å². The van der Waals surface area contributed by atoms with Crippen molar-refractivity contribution >= 4 is 23.7 Å². The van der Waals surface area contributed by atoms with E-state index in [0.29, 0.717) is 30.4 Å². The highest BCUT2D eigenvalue weighted by Crippen LogP contribution is 2.18. The average molecular weight is 402 g/mol. The second-order valence-corrected chi connectivity index (χ2v) is 7.71. The molecule has 1 saturated heterocycles. The molecule has 0 atom stereocenters. The molecule has 29 heavy (non-hydrogen) atoms. The first-order chi connectivity index (χ1) is 14.0. The zero-order valence-corrected chi connectivity index (χ0v) is 16.9. The molecule has 0 bridgehead atoms. The van der Waals surface area contributed by atoms with Crippen LogP contribution in [0.25, 0.3) is 0 Å². The van der Waals surface area contributed by atoms with Crippen LogP contribution >= 0.6 is 0 Å². The number of esters is 1. The minimum atomic E-state index is -0.412. The monoisotopic (exact) mass is 402 g/mol. The molecular weight excluding hydrogens is 372 g/mol. The van der Waals surface area contributed by atoms with Crippen LogP contribution in [0.4, 0.5) is 15.3 Å². The Labute approximate surface area is 171 Å². The van der Waals surface area contributed by atoms with Crippen LogP contribution in [0.15, 0.2) is 24.3 Å². The number of ether oxygens (including phenoxy) is 1. The maximum Gasteiger partial charge on any atom is 0.337 e. The van der Waals surface area contributed by atoms with E-state index in [2.05, 4.69) is 20.7 Å². The third kappa shape index (κ3) is 6.10. The highest BCUT2D eigenvalue weighted by atomic mass is 16.5. The molecule has 2 aliphatic rings. The SMILES string of the molecule is COC(=O)c1ccc(NC(=O)N2CCC(NC(=O)NC3CCCCC3)CC2)cc1. The predicted molar refractivity (Wildman–Crippen MR) is 110 cm³/mol. The summed E-state index contributed by atoms with van der Waals surface area (Å²) >= 11 is 0. The standard InChI is InChI=1S/C21H30N4O4/c1-29-19(26)15-7-9-17(10-8-15)24-21(28)25-13-11-18(12-14-25)23-20(27)22-16-5-3-2-4-6-16/h7-10,16,18H,2-6,11-14H2,1H3,(H,24,28)(H2,22,23,27). The number of hydrogen-bond acceptors (Lipinski definition) is 4. The molecule has 158 valence electrons. The topological polar surface area (TPSA) is 99.8 Å². The van der Waals surface area contributed by atoms with Crippen LogP contribution in [-0.2, 0) is 4.74 Å². The highest BCUT2D eigenvalue weighted by Gasteiger charge is 2.25. The predicted octanol–water partition coefficient (Wildman–Crippen LogP) is 3.10. The molecule has 8 nitrogen and oxygen atoms in total. The van der Waals surface area contributed by atoms with Crippen molar-refractivity contribution in [2.75, 3.05) is 25.5 Å². The fourth-order valence-corrected chi connectivity index (χ4v) is 3.90. The van der Waals surface area contributed by atoms with E-state index < -0.39 is 5.97 Å². The van der Waals surface area contributed by atoms with Crippen LogP contribution in [0.3, 0.4) is 0 Å². The zero-order chi connectivity index (χ0) is 20.6. The molecule has 8 heteroatoms. The quantitative estimate of drug-likeness (QED) is 0.674. The van der Waals surface area contributed by atoms with E-state index in [1.807, 2.05) is 0 Å². The number of benzene rings is 1. The van der Waals surface area contributed by atoms with Crippen molar-refractivity contribution in [3.63, 3.8) is 0 Å². The molecular formula is C21H30N4O4. The Kier molecular flexibility index (Phi) is 7.32. The summed E-state index contributed by atoms with van der Waals surface area (Å²) < 4.78 is 4.66. The maximum absolute atomic E-state index is 12.5. The van der Waals surface area contributed by atoms with Gasteiger partial charge in [0.05, 0.1) is 12.7 Å². The lowest BCUT2D eigenvalue weighted by Gasteiger charge is -2.33. The summed E-state index contributed by atoms with van der Waals surface area (Å²) in [6, 6.07) is 6.68. The summed E-state index contributed by atoms with van der Waals surface area (Å²) in [4.78, 5) is 37.8. The molecule has 3 rings (SSSR count). The van der Waals surface area contributed by atoms with Gasteiger partial charge in [-0.2, -0.15) is 0 Å². The Bertz CT molecular complexity index is 708. The molecule has 0 spiro atoms. The van der Waals surface area contributed by atoms with Gasteiger partial charge in [0, 0.05) is 30.9 Å². The molecule has 0 radical (unpaired) electrons. The fourth-order valence-electron chi connectivity index (χ4n) is 3.90. The van der Waals surface area contributed by atoms with Gasteiger partial charge in [-0.15, -0.1) is 0 Å². The number of nitrogens with one attached hydrogen (secondary N) is 3. The van der Waals surface area contributed by atoms with E-state index >= 15 is 0 Å². The molecule has 1 aromatic rings. The molecule has 0 unspecified atom stereocenters. The van der Waals surface area contributed by atoms with Crippen LogP contribution in [-0.4, -0.2) is 55.2 Å². The van der Waals surface area contributed by atoms with E-state index in [4.69, 9.17) is 0 Å². The van der Waals surface area contributed by atoms with Crippen LogP contribution in [0.2, 0.25) is 0 Å². The normalized spacial score (nSPS) is 18.0. The van der Waals surface area contributed by atoms with Crippen molar-refractivity contribution in [3.05, 3.63) is 29.8 Å². The zero-order valence-electron chi connectivity index (χ0n) is 16.9. The number of anilines is 1. The Morgan fingerprint density at radius 3 is 2.07 bits per heavy atom. The molecule has 1 heterocycles. The van der Waals surface area contributed by atoms with Gasteiger partial charge in [0.15, 0.2) is 0 Å². The molecule has 1 aliphatic heterocycles. The van der Waals surface area contributed by atoms with Gasteiger partial charge in [0.1, 0.15) is 0 Å². The van der Waals surface area contributed by atoms with E-state index in [9.17, 15) is 14.4 Å². The maximum atomic E-state index is 12.5. The Morgan fingerprint density at radius 1 is 0.897 bits per heavy atom. The van der Waals surface area contributed by atoms with Crippen LogP contribution in [0.1, 0.15) is 55.3 Å². The van der Waals surface area contributed by atoms with Crippen LogP contribution in [0.5, 0.6) is 0 Å². The lowest BCUT2D eigenvalue weighted by molar-refractivity contribution is 0.0600. The van der Waals surface area contributed by atoms with Crippen molar-refractivity contribution in [2.45, 2.75) is 57.0 Å². The number of likely N-dealkylation sites (tertiary alicyclic amines) is 1. The number of carbonyl (C=O) groups is 3. The molecule has 1 saturated carbocycles. The molecule has 4 amide bonds. The summed E-state index contributed by atoms with van der Waals surface area (Å²) in [5, 5.41) is 8.96. The van der Waals surface area contributed by atoms with Crippen molar-refractivity contribution in [3.8, 4) is 0 Å².